The molecule has 7 heteroatoms. The number of pyridine rings is 1. The molecule has 1 saturated carbocycles. The third-order valence-electron chi connectivity index (χ3n) is 8.08. The number of carbonyl (C=O) groups excluding carboxylic acids is 1. The van der Waals surface area contributed by atoms with Gasteiger partial charge in [0, 0.05) is 48.2 Å². The van der Waals surface area contributed by atoms with Gasteiger partial charge in [-0.2, -0.15) is 0 Å². The van der Waals surface area contributed by atoms with Gasteiger partial charge in [-0.15, -0.1) is 11.3 Å². The highest BCUT2D eigenvalue weighted by Gasteiger charge is 2.32. The van der Waals surface area contributed by atoms with E-state index in [9.17, 15) is 4.79 Å². The van der Waals surface area contributed by atoms with Gasteiger partial charge < -0.3 is 14.2 Å². The molecule has 5 heterocycles. The first kappa shape index (κ1) is 22.0. The van der Waals surface area contributed by atoms with Gasteiger partial charge in [-0.05, 0) is 91.8 Å². The van der Waals surface area contributed by atoms with Crippen molar-refractivity contribution in [1.82, 2.24) is 14.3 Å². The molecule has 0 N–H and O–H groups in total. The molecule has 0 bridgehead atoms. The van der Waals surface area contributed by atoms with E-state index in [1.165, 1.54) is 10.4 Å². The Morgan fingerprint density at radius 2 is 1.89 bits per heavy atom. The number of fused-ring (bicyclic) bond motifs is 2. The second-order valence-corrected chi connectivity index (χ2v) is 11.4. The van der Waals surface area contributed by atoms with Crippen molar-refractivity contribution in [1.29, 1.82) is 0 Å². The lowest BCUT2D eigenvalue weighted by atomic mass is 10.00. The molecule has 5 nitrogen and oxygen atoms in total. The lowest BCUT2D eigenvalue weighted by Gasteiger charge is -2.33. The average molecular weight is 501 g/mol. The number of rotatable bonds is 4. The van der Waals surface area contributed by atoms with Crippen molar-refractivity contribution in [2.75, 3.05) is 24.5 Å². The summed E-state index contributed by atoms with van der Waals surface area (Å²) in [6, 6.07) is 9.73. The van der Waals surface area contributed by atoms with Gasteiger partial charge in [0.05, 0.1) is 17.3 Å². The summed E-state index contributed by atoms with van der Waals surface area (Å²) in [7, 11) is 0. The fraction of sp³-hybridized carbons (Fsp3) is 0.379. The Bertz CT molecular complexity index is 1480. The van der Waals surface area contributed by atoms with Crippen LogP contribution in [0.5, 0.6) is 0 Å². The summed E-state index contributed by atoms with van der Waals surface area (Å²) in [5, 5.41) is 2.12. The maximum atomic E-state index is 15.2. The third-order valence-corrected chi connectivity index (χ3v) is 9.08. The van der Waals surface area contributed by atoms with E-state index in [4.69, 9.17) is 4.98 Å². The highest BCUT2D eigenvalue weighted by molar-refractivity contribution is 7.10. The Balaban J connectivity index is 1.25. The van der Waals surface area contributed by atoms with Crippen molar-refractivity contribution in [3.05, 3.63) is 75.5 Å². The van der Waals surface area contributed by atoms with Crippen molar-refractivity contribution < 1.29 is 9.18 Å². The van der Waals surface area contributed by atoms with Crippen LogP contribution in [0, 0.1) is 5.82 Å². The van der Waals surface area contributed by atoms with Gasteiger partial charge in [-0.3, -0.25) is 4.79 Å². The largest absolute Gasteiger partial charge is 0.371 e. The zero-order chi connectivity index (χ0) is 24.4. The molecule has 0 unspecified atom stereocenters. The predicted molar refractivity (Wildman–Crippen MR) is 141 cm³/mol. The van der Waals surface area contributed by atoms with Crippen LogP contribution in [-0.4, -0.2) is 39.8 Å². The summed E-state index contributed by atoms with van der Waals surface area (Å²) in [5.41, 5.74) is 5.94. The van der Waals surface area contributed by atoms with Crippen molar-refractivity contribution in [3.8, 4) is 11.3 Å². The molecule has 1 aliphatic carbocycles. The lowest BCUT2D eigenvalue weighted by Crippen LogP contribution is -2.38. The zero-order valence-electron chi connectivity index (χ0n) is 20.4. The monoisotopic (exact) mass is 500 g/mol. The van der Waals surface area contributed by atoms with Crippen molar-refractivity contribution in [2.24, 2.45) is 0 Å². The Hall–Kier alpha value is -3.19. The number of benzene rings is 1. The zero-order valence-corrected chi connectivity index (χ0v) is 21.2. The minimum absolute atomic E-state index is 0.0551. The summed E-state index contributed by atoms with van der Waals surface area (Å²) in [6.45, 7) is 4.82. The molecule has 184 valence electrons. The smallest absolute Gasteiger partial charge is 0.255 e. The maximum absolute atomic E-state index is 15.2. The van der Waals surface area contributed by atoms with E-state index in [1.54, 1.807) is 17.4 Å². The molecule has 4 aromatic rings. The van der Waals surface area contributed by atoms with Crippen LogP contribution in [0.25, 0.3) is 16.9 Å². The Labute approximate surface area is 214 Å². The molecule has 3 aliphatic rings. The van der Waals surface area contributed by atoms with Crippen LogP contribution in [0.3, 0.4) is 0 Å². The van der Waals surface area contributed by atoms with E-state index >= 15 is 4.39 Å². The molecule has 1 amide bonds. The van der Waals surface area contributed by atoms with Gasteiger partial charge >= 0.3 is 0 Å². The number of imidazole rings is 1. The first-order chi connectivity index (χ1) is 17.6. The van der Waals surface area contributed by atoms with Crippen LogP contribution < -0.4 is 4.90 Å². The fourth-order valence-electron chi connectivity index (χ4n) is 5.90. The van der Waals surface area contributed by atoms with Gasteiger partial charge in [0.15, 0.2) is 0 Å². The summed E-state index contributed by atoms with van der Waals surface area (Å²) in [5.74, 6) is 0.223. The number of halogens is 1. The topological polar surface area (TPSA) is 40.9 Å². The number of aromatic nitrogens is 2. The second-order valence-electron chi connectivity index (χ2n) is 10.4. The molecule has 2 fully saturated rings. The van der Waals surface area contributed by atoms with E-state index in [1.807, 2.05) is 39.9 Å². The molecule has 36 heavy (non-hydrogen) atoms. The average Bonchev–Trinajstić information content (AvgIpc) is 3.27. The first-order valence-corrected chi connectivity index (χ1v) is 13.9. The number of amides is 1. The van der Waals surface area contributed by atoms with Gasteiger partial charge in [-0.1, -0.05) is 0 Å². The van der Waals surface area contributed by atoms with E-state index in [0.717, 1.165) is 68.6 Å². The highest BCUT2D eigenvalue weighted by atomic mass is 32.1. The molecule has 1 saturated heterocycles. The lowest BCUT2D eigenvalue weighted by molar-refractivity contribution is 0.0678. The molecule has 0 spiro atoms. The van der Waals surface area contributed by atoms with Crippen molar-refractivity contribution >= 4 is 28.6 Å². The number of carbonyl (C=O) groups is 1. The Morgan fingerprint density at radius 3 is 2.67 bits per heavy atom. The minimum atomic E-state index is -0.249. The van der Waals surface area contributed by atoms with Crippen LogP contribution in [0.15, 0.2) is 48.1 Å². The standard InChI is InChI=1S/C29H29FN4OS/c1-18-22-9-13-36-27(22)8-12-34(18)29(35)20-14-24(19-4-5-19)28-31-26(17-33(28)16-20)23-7-6-21(15-25(23)30)32-10-2-3-11-32/h6-7,9,13-19H,2-5,8,10-12H2,1H3/t18-/m1/s1. The summed E-state index contributed by atoms with van der Waals surface area (Å²) in [6.07, 6.45) is 9.19. The highest BCUT2D eigenvalue weighted by Crippen LogP contribution is 2.43. The second kappa shape index (κ2) is 8.44. The van der Waals surface area contributed by atoms with Crippen LogP contribution in [-0.2, 0) is 6.42 Å². The molecular formula is C29H29FN4OS. The van der Waals surface area contributed by atoms with Crippen molar-refractivity contribution in [2.45, 2.75) is 51.0 Å². The number of nitrogens with zero attached hydrogens (tertiary/aromatic N) is 4. The third kappa shape index (κ3) is 3.63. The summed E-state index contributed by atoms with van der Waals surface area (Å²) < 4.78 is 17.2. The van der Waals surface area contributed by atoms with E-state index in [-0.39, 0.29) is 17.8 Å². The summed E-state index contributed by atoms with van der Waals surface area (Å²) in [4.78, 5) is 24.2. The van der Waals surface area contributed by atoms with Gasteiger partial charge in [0.25, 0.3) is 5.91 Å². The first-order valence-electron chi connectivity index (χ1n) is 13.0. The number of thiophene rings is 1. The van der Waals surface area contributed by atoms with E-state index < -0.39 is 0 Å². The van der Waals surface area contributed by atoms with Crippen LogP contribution in [0.4, 0.5) is 10.1 Å². The number of anilines is 1. The van der Waals surface area contributed by atoms with Gasteiger partial charge in [-0.25, -0.2) is 9.37 Å². The van der Waals surface area contributed by atoms with E-state index in [2.05, 4.69) is 23.3 Å². The maximum Gasteiger partial charge on any atom is 0.255 e. The molecule has 0 radical (unpaired) electrons. The molecule has 3 aromatic heterocycles. The molecule has 2 aliphatic heterocycles. The normalized spacial score (nSPS) is 19.8. The minimum Gasteiger partial charge on any atom is -0.371 e. The molecule has 1 aromatic carbocycles. The fourth-order valence-corrected chi connectivity index (χ4v) is 6.87. The van der Waals surface area contributed by atoms with Gasteiger partial charge in [0.1, 0.15) is 11.5 Å². The van der Waals surface area contributed by atoms with E-state index in [0.29, 0.717) is 22.7 Å². The van der Waals surface area contributed by atoms with Gasteiger partial charge in [0.2, 0.25) is 0 Å². The Morgan fingerprint density at radius 1 is 1.06 bits per heavy atom. The molecule has 1 atom stereocenters. The van der Waals surface area contributed by atoms with Crippen LogP contribution >= 0.6 is 11.3 Å². The summed E-state index contributed by atoms with van der Waals surface area (Å²) >= 11 is 1.78. The molecular weight excluding hydrogens is 471 g/mol. The number of hydrogen-bond acceptors (Lipinski definition) is 4. The SMILES string of the molecule is C[C@@H]1c2ccsc2CCN1C(=O)c1cc(C2CC2)c2nc(-c3ccc(N4CCCC4)cc3F)cn2c1. The predicted octanol–water partition coefficient (Wildman–Crippen LogP) is 6.44. The van der Waals surface area contributed by atoms with Crippen LogP contribution in [0.1, 0.15) is 70.9 Å². The molecule has 7 rings (SSSR count). The van der Waals surface area contributed by atoms with Crippen LogP contribution in [0.2, 0.25) is 0 Å². The van der Waals surface area contributed by atoms with Crippen molar-refractivity contribution in [3.63, 3.8) is 0 Å². The Kier molecular flexibility index (Phi) is 5.17. The quantitative estimate of drug-likeness (QED) is 0.324. The number of hydrogen-bond donors (Lipinski definition) is 0.